The zero-order chi connectivity index (χ0) is 10.1. The molecule has 70 valence electrons. The highest BCUT2D eigenvalue weighted by molar-refractivity contribution is 5.90. The predicted octanol–water partition coefficient (Wildman–Crippen LogP) is -0.464. The summed E-state index contributed by atoms with van der Waals surface area (Å²) in [5.74, 6) is -0.298. The van der Waals surface area contributed by atoms with Crippen LogP contribution in [0.5, 0.6) is 0 Å². The number of carbonyl (C=O) groups is 2. The van der Waals surface area contributed by atoms with Crippen molar-refractivity contribution in [2.45, 2.75) is 0 Å². The molecule has 0 radical (unpaired) electrons. The lowest BCUT2D eigenvalue weighted by molar-refractivity contribution is -0.124. The van der Waals surface area contributed by atoms with E-state index < -0.39 is 0 Å². The maximum atomic E-state index is 11.0. The number of amides is 1. The number of aldehydes is 1. The number of hydrogen-bond donors (Lipinski definition) is 0. The molecule has 0 saturated heterocycles. The first-order valence-corrected chi connectivity index (χ1v) is 3.63. The maximum Gasteiger partial charge on any atom is 0.246 e. The quantitative estimate of drug-likeness (QED) is 0.250. The smallest absolute Gasteiger partial charge is 0.246 e. The molecular formula is C8H10N2O3. The van der Waals surface area contributed by atoms with Crippen LogP contribution >= 0.6 is 0 Å². The molecule has 0 heterocycles. The van der Waals surface area contributed by atoms with Gasteiger partial charge in [0.15, 0.2) is 0 Å². The van der Waals surface area contributed by atoms with Gasteiger partial charge in [-0.3, -0.25) is 9.59 Å². The third-order valence-electron chi connectivity index (χ3n) is 1.31. The summed E-state index contributed by atoms with van der Waals surface area (Å²) < 4.78 is 0. The van der Waals surface area contributed by atoms with Gasteiger partial charge in [0.25, 0.3) is 0 Å². The molecule has 0 aromatic rings. The van der Waals surface area contributed by atoms with Crippen LogP contribution in [-0.2, 0) is 14.4 Å². The van der Waals surface area contributed by atoms with Gasteiger partial charge in [0.05, 0.1) is 6.54 Å². The topological polar surface area (TPSA) is 66.8 Å². The van der Waals surface area contributed by atoms with Crippen molar-refractivity contribution in [2.24, 2.45) is 4.99 Å². The van der Waals surface area contributed by atoms with Crippen molar-refractivity contribution in [1.29, 1.82) is 0 Å². The zero-order valence-electron chi connectivity index (χ0n) is 7.27. The summed E-state index contributed by atoms with van der Waals surface area (Å²) in [4.78, 5) is 35.2. The van der Waals surface area contributed by atoms with Crippen LogP contribution in [0.25, 0.3) is 0 Å². The second kappa shape index (κ2) is 6.94. The van der Waals surface area contributed by atoms with Gasteiger partial charge < -0.3 is 4.90 Å². The van der Waals surface area contributed by atoms with E-state index in [9.17, 15) is 14.4 Å². The summed E-state index contributed by atoms with van der Waals surface area (Å²) >= 11 is 0. The number of isocyanates is 1. The molecule has 0 aliphatic carbocycles. The first-order valence-electron chi connectivity index (χ1n) is 3.63. The Hall–Kier alpha value is -1.74. The van der Waals surface area contributed by atoms with Crippen molar-refractivity contribution in [2.75, 3.05) is 20.1 Å². The number of hydrogen-bond acceptors (Lipinski definition) is 4. The van der Waals surface area contributed by atoms with Crippen LogP contribution in [-0.4, -0.2) is 43.3 Å². The van der Waals surface area contributed by atoms with Gasteiger partial charge in [0.2, 0.25) is 12.0 Å². The maximum absolute atomic E-state index is 11.0. The first-order chi connectivity index (χ1) is 6.22. The van der Waals surface area contributed by atoms with Crippen LogP contribution in [0.4, 0.5) is 0 Å². The molecular weight excluding hydrogens is 172 g/mol. The van der Waals surface area contributed by atoms with Crippen molar-refractivity contribution in [3.63, 3.8) is 0 Å². The van der Waals surface area contributed by atoms with Gasteiger partial charge in [0.1, 0.15) is 6.29 Å². The van der Waals surface area contributed by atoms with E-state index in [0.29, 0.717) is 12.8 Å². The molecule has 0 rings (SSSR count). The Morgan fingerprint density at radius 1 is 1.62 bits per heavy atom. The third kappa shape index (κ3) is 5.52. The minimum absolute atomic E-state index is 0.223. The van der Waals surface area contributed by atoms with Crippen molar-refractivity contribution in [1.82, 2.24) is 4.90 Å². The molecule has 0 aromatic carbocycles. The monoisotopic (exact) mass is 182 g/mol. The van der Waals surface area contributed by atoms with Crippen LogP contribution < -0.4 is 0 Å². The Kier molecular flexibility index (Phi) is 6.01. The van der Waals surface area contributed by atoms with Crippen molar-refractivity contribution < 1.29 is 14.4 Å². The third-order valence-corrected chi connectivity index (χ3v) is 1.31. The zero-order valence-corrected chi connectivity index (χ0v) is 7.27. The Labute approximate surface area is 75.7 Å². The minimum atomic E-state index is -0.298. The largest absolute Gasteiger partial charge is 0.340 e. The van der Waals surface area contributed by atoms with E-state index in [-0.39, 0.29) is 12.5 Å². The Bertz CT molecular complexity index is 254. The van der Waals surface area contributed by atoms with Gasteiger partial charge in [-0.15, -0.1) is 0 Å². The van der Waals surface area contributed by atoms with E-state index in [4.69, 9.17) is 0 Å². The van der Waals surface area contributed by atoms with Crippen LogP contribution in [0, 0.1) is 0 Å². The number of rotatable bonds is 5. The second-order valence-corrected chi connectivity index (χ2v) is 2.23. The Morgan fingerprint density at radius 3 is 2.85 bits per heavy atom. The number of nitrogens with zero attached hydrogens (tertiary/aromatic N) is 2. The minimum Gasteiger partial charge on any atom is -0.340 e. The van der Waals surface area contributed by atoms with Crippen molar-refractivity contribution in [3.8, 4) is 0 Å². The fourth-order valence-electron chi connectivity index (χ4n) is 0.605. The van der Waals surface area contributed by atoms with E-state index in [1.54, 1.807) is 7.05 Å². The number of likely N-dealkylation sites (N-methyl/N-ethyl adjacent to an activating group) is 1. The van der Waals surface area contributed by atoms with Crippen molar-refractivity contribution in [3.05, 3.63) is 12.2 Å². The molecule has 0 spiro atoms. The van der Waals surface area contributed by atoms with Gasteiger partial charge in [-0.2, -0.15) is 0 Å². The summed E-state index contributed by atoms with van der Waals surface area (Å²) in [7, 11) is 1.55. The molecule has 0 N–H and O–H groups in total. The fraction of sp³-hybridized carbons (Fsp3) is 0.375. The van der Waals surface area contributed by atoms with E-state index in [2.05, 4.69) is 4.99 Å². The summed E-state index contributed by atoms with van der Waals surface area (Å²) in [6, 6.07) is 0. The summed E-state index contributed by atoms with van der Waals surface area (Å²) in [5, 5.41) is 0. The van der Waals surface area contributed by atoms with Gasteiger partial charge in [-0.05, 0) is 6.08 Å². The summed E-state index contributed by atoms with van der Waals surface area (Å²) in [5.41, 5.74) is 0. The van der Waals surface area contributed by atoms with Crippen LogP contribution in [0.1, 0.15) is 0 Å². The molecule has 0 fully saturated rings. The van der Waals surface area contributed by atoms with Gasteiger partial charge in [0, 0.05) is 19.7 Å². The second-order valence-electron chi connectivity index (χ2n) is 2.23. The van der Waals surface area contributed by atoms with E-state index in [0.717, 1.165) is 12.2 Å². The average Bonchev–Trinajstić information content (AvgIpc) is 2.14. The normalized spacial score (nSPS) is 9.31. The average molecular weight is 182 g/mol. The van der Waals surface area contributed by atoms with E-state index in [1.807, 2.05) is 0 Å². The number of allylic oxidation sites excluding steroid dienone is 1. The lowest BCUT2D eigenvalue weighted by Crippen LogP contribution is -2.27. The molecule has 13 heavy (non-hydrogen) atoms. The SMILES string of the molecule is CN(CCN=C=O)C(=O)/C=C\C=O. The molecule has 1 amide bonds. The Balaban J connectivity index is 3.88. The molecule has 0 saturated carbocycles. The Morgan fingerprint density at radius 2 is 2.31 bits per heavy atom. The lowest BCUT2D eigenvalue weighted by Gasteiger charge is -2.11. The number of carbonyl (C=O) groups excluding carboxylic acids is 3. The van der Waals surface area contributed by atoms with E-state index in [1.165, 1.54) is 11.0 Å². The molecule has 0 aliphatic heterocycles. The molecule has 0 aromatic heterocycles. The van der Waals surface area contributed by atoms with Crippen molar-refractivity contribution >= 4 is 18.3 Å². The fourth-order valence-corrected chi connectivity index (χ4v) is 0.605. The highest BCUT2D eigenvalue weighted by Gasteiger charge is 2.02. The van der Waals surface area contributed by atoms with E-state index >= 15 is 0 Å². The van der Waals surface area contributed by atoms with Gasteiger partial charge in [-0.1, -0.05) is 0 Å². The standard InChI is InChI=1S/C8H10N2O3/c1-10(5-4-9-7-12)8(13)3-2-6-11/h2-3,6H,4-5H2,1H3/b3-2-. The highest BCUT2D eigenvalue weighted by Crippen LogP contribution is 1.86. The molecule has 5 heteroatoms. The van der Waals surface area contributed by atoms with Crippen LogP contribution in [0.3, 0.4) is 0 Å². The predicted molar refractivity (Wildman–Crippen MR) is 45.8 cm³/mol. The molecule has 0 bridgehead atoms. The molecule has 0 unspecified atom stereocenters. The highest BCUT2D eigenvalue weighted by atomic mass is 16.2. The summed E-state index contributed by atoms with van der Waals surface area (Å²) in [6.45, 7) is 0.554. The van der Waals surface area contributed by atoms with Gasteiger partial charge in [-0.25, -0.2) is 9.79 Å². The van der Waals surface area contributed by atoms with Crippen LogP contribution in [0.2, 0.25) is 0 Å². The van der Waals surface area contributed by atoms with Crippen LogP contribution in [0.15, 0.2) is 17.1 Å². The molecule has 0 aliphatic rings. The first kappa shape index (κ1) is 11.3. The summed E-state index contributed by atoms with van der Waals surface area (Å²) in [6.07, 6.45) is 4.15. The molecule has 5 nitrogen and oxygen atoms in total. The van der Waals surface area contributed by atoms with Gasteiger partial charge >= 0.3 is 0 Å². The lowest BCUT2D eigenvalue weighted by atomic mass is 10.4. The number of aliphatic imine (C=N–C) groups is 1. The molecule has 0 atom stereocenters.